The number of carbonyl (C=O) groups is 2. The van der Waals surface area contributed by atoms with Gasteiger partial charge in [0.05, 0.1) is 13.2 Å². The van der Waals surface area contributed by atoms with Crippen LogP contribution >= 0.6 is 0 Å². The van der Waals surface area contributed by atoms with Crippen LogP contribution in [-0.4, -0.2) is 71.2 Å². The number of nitrogens with zero attached hydrogens (tertiary/aromatic N) is 2. The highest BCUT2D eigenvalue weighted by Gasteiger charge is 2.17. The fourth-order valence-corrected chi connectivity index (χ4v) is 6.11. The van der Waals surface area contributed by atoms with Crippen molar-refractivity contribution in [2.24, 2.45) is 0 Å². The molecule has 262 valence electrons. The van der Waals surface area contributed by atoms with E-state index < -0.39 is 0 Å². The van der Waals surface area contributed by atoms with Crippen molar-refractivity contribution in [1.82, 2.24) is 9.80 Å². The quantitative estimate of drug-likeness (QED) is 0.0688. The van der Waals surface area contributed by atoms with Crippen LogP contribution in [0, 0.1) is 0 Å². The van der Waals surface area contributed by atoms with Gasteiger partial charge in [0.15, 0.2) is 0 Å². The highest BCUT2D eigenvalue weighted by Crippen LogP contribution is 2.15. The van der Waals surface area contributed by atoms with Gasteiger partial charge in [0, 0.05) is 39.0 Å². The Morgan fingerprint density at radius 1 is 0.364 bits per heavy atom. The molecule has 0 heterocycles. The van der Waals surface area contributed by atoms with Gasteiger partial charge in [-0.05, 0) is 12.8 Å². The molecule has 0 aliphatic rings. The van der Waals surface area contributed by atoms with Gasteiger partial charge in [-0.25, -0.2) is 0 Å². The summed E-state index contributed by atoms with van der Waals surface area (Å²) in [5.74, 6) is 0.130. The van der Waals surface area contributed by atoms with Crippen LogP contribution in [0.25, 0.3) is 0 Å². The molecule has 0 radical (unpaired) electrons. The Hall–Kier alpha value is -1.14. The molecular weight excluding hydrogens is 548 g/mol. The third-order valence-corrected chi connectivity index (χ3v) is 9.07. The fraction of sp³-hybridized carbons (Fsp3) is 0.947. The average molecular weight is 625 g/mol. The lowest BCUT2D eigenvalue weighted by Crippen LogP contribution is -2.43. The number of hydrogen-bond acceptors (Lipinski definition) is 4. The largest absolute Gasteiger partial charge is 0.395 e. The maximum atomic E-state index is 12.8. The third kappa shape index (κ3) is 28.3. The lowest BCUT2D eigenvalue weighted by Gasteiger charge is -2.27. The topological polar surface area (TPSA) is 81.1 Å². The number of amides is 2. The molecule has 0 aromatic carbocycles. The SMILES string of the molecule is CCCCCCCCCCCCCCCC(=O)N(CCO)CCN(CCO)C(=O)CCCCCCCCCCCCCCC. The molecule has 0 aromatic heterocycles. The van der Waals surface area contributed by atoms with Gasteiger partial charge in [0.2, 0.25) is 11.8 Å². The van der Waals surface area contributed by atoms with Crippen molar-refractivity contribution in [2.45, 2.75) is 194 Å². The molecule has 2 N–H and O–H groups in total. The van der Waals surface area contributed by atoms with Crippen molar-refractivity contribution >= 4 is 11.8 Å². The van der Waals surface area contributed by atoms with Crippen molar-refractivity contribution in [3.8, 4) is 0 Å². The van der Waals surface area contributed by atoms with Gasteiger partial charge in [-0.1, -0.05) is 168 Å². The molecule has 0 aliphatic carbocycles. The first-order valence-corrected chi connectivity index (χ1v) is 19.4. The summed E-state index contributed by atoms with van der Waals surface area (Å²) < 4.78 is 0. The molecule has 6 nitrogen and oxygen atoms in total. The lowest BCUT2D eigenvalue weighted by atomic mass is 10.0. The smallest absolute Gasteiger partial charge is 0.222 e. The molecule has 44 heavy (non-hydrogen) atoms. The summed E-state index contributed by atoms with van der Waals surface area (Å²) in [6.07, 6.45) is 34.2. The molecule has 0 atom stereocenters. The fourth-order valence-electron chi connectivity index (χ4n) is 6.11. The third-order valence-electron chi connectivity index (χ3n) is 9.07. The molecule has 0 bridgehead atoms. The van der Waals surface area contributed by atoms with Crippen LogP contribution < -0.4 is 0 Å². The molecule has 0 spiro atoms. The predicted molar refractivity (Wildman–Crippen MR) is 188 cm³/mol. The number of rotatable bonds is 35. The van der Waals surface area contributed by atoms with Gasteiger partial charge >= 0.3 is 0 Å². The average Bonchev–Trinajstić information content (AvgIpc) is 3.02. The molecule has 6 heteroatoms. The lowest BCUT2D eigenvalue weighted by molar-refractivity contribution is -0.136. The van der Waals surface area contributed by atoms with Crippen molar-refractivity contribution in [1.29, 1.82) is 0 Å². The highest BCUT2D eigenvalue weighted by molar-refractivity contribution is 5.77. The van der Waals surface area contributed by atoms with Gasteiger partial charge in [0.1, 0.15) is 0 Å². The van der Waals surface area contributed by atoms with Crippen LogP contribution in [-0.2, 0) is 9.59 Å². The minimum absolute atomic E-state index is 0.0648. The Balaban J connectivity index is 4.00. The number of carbonyl (C=O) groups excluding carboxylic acids is 2. The minimum atomic E-state index is -0.0722. The minimum Gasteiger partial charge on any atom is -0.395 e. The molecule has 2 amide bonds. The first-order chi connectivity index (χ1) is 21.6. The van der Waals surface area contributed by atoms with Gasteiger partial charge in [-0.3, -0.25) is 9.59 Å². The van der Waals surface area contributed by atoms with E-state index in [-0.39, 0.29) is 25.0 Å². The number of aliphatic hydroxyl groups excluding tert-OH is 2. The maximum absolute atomic E-state index is 12.8. The Morgan fingerprint density at radius 2 is 0.591 bits per heavy atom. The van der Waals surface area contributed by atoms with Crippen LogP contribution in [0.15, 0.2) is 0 Å². The molecule has 0 saturated carbocycles. The second kappa shape index (κ2) is 34.7. The standard InChI is InChI=1S/C38H76N2O4/c1-3-5-7-9-11-13-15-17-19-21-23-25-27-29-37(43)39(33-35-41)31-32-40(34-36-42)38(44)30-28-26-24-22-20-18-16-14-12-10-8-6-4-2/h41-42H,3-36H2,1-2H3. The van der Waals surface area contributed by atoms with E-state index in [1.54, 1.807) is 9.80 Å². The summed E-state index contributed by atoms with van der Waals surface area (Å²) in [5, 5.41) is 19.0. The second-order valence-electron chi connectivity index (χ2n) is 13.2. The highest BCUT2D eigenvalue weighted by atomic mass is 16.3. The van der Waals surface area contributed by atoms with Gasteiger partial charge in [0.25, 0.3) is 0 Å². The molecular formula is C38H76N2O4. The molecule has 0 aliphatic heterocycles. The van der Waals surface area contributed by atoms with Crippen LogP contribution in [0.4, 0.5) is 0 Å². The number of unbranched alkanes of at least 4 members (excludes halogenated alkanes) is 24. The van der Waals surface area contributed by atoms with Crippen molar-refractivity contribution in [3.63, 3.8) is 0 Å². The van der Waals surface area contributed by atoms with E-state index >= 15 is 0 Å². The first kappa shape index (κ1) is 42.9. The van der Waals surface area contributed by atoms with Crippen molar-refractivity contribution < 1.29 is 19.8 Å². The predicted octanol–water partition coefficient (Wildman–Crippen LogP) is 9.59. The zero-order valence-corrected chi connectivity index (χ0v) is 29.6. The summed E-state index contributed by atoms with van der Waals surface area (Å²) in [5.41, 5.74) is 0. The Kier molecular flexibility index (Phi) is 33.8. The van der Waals surface area contributed by atoms with Gasteiger partial charge < -0.3 is 20.0 Å². The number of aliphatic hydroxyl groups is 2. The zero-order valence-electron chi connectivity index (χ0n) is 29.6. The van der Waals surface area contributed by atoms with E-state index in [0.717, 1.165) is 25.7 Å². The molecule has 0 aromatic rings. The molecule has 0 saturated heterocycles. The van der Waals surface area contributed by atoms with Crippen LogP contribution in [0.3, 0.4) is 0 Å². The summed E-state index contributed by atoms with van der Waals surface area (Å²) in [6.45, 7) is 5.83. The van der Waals surface area contributed by atoms with Crippen LogP contribution in [0.1, 0.15) is 194 Å². The van der Waals surface area contributed by atoms with E-state index in [9.17, 15) is 19.8 Å². The van der Waals surface area contributed by atoms with E-state index in [1.807, 2.05) is 0 Å². The van der Waals surface area contributed by atoms with Crippen LogP contribution in [0.2, 0.25) is 0 Å². The summed E-state index contributed by atoms with van der Waals surface area (Å²) >= 11 is 0. The van der Waals surface area contributed by atoms with E-state index in [4.69, 9.17) is 0 Å². The van der Waals surface area contributed by atoms with Crippen molar-refractivity contribution in [2.75, 3.05) is 39.4 Å². The second-order valence-corrected chi connectivity index (χ2v) is 13.2. The first-order valence-electron chi connectivity index (χ1n) is 19.4. The molecule has 0 rings (SSSR count). The summed E-state index contributed by atoms with van der Waals surface area (Å²) in [4.78, 5) is 29.1. The molecule has 0 fully saturated rings. The normalized spacial score (nSPS) is 11.3. The maximum Gasteiger partial charge on any atom is 0.222 e. The monoisotopic (exact) mass is 625 g/mol. The van der Waals surface area contributed by atoms with Gasteiger partial charge in [-0.2, -0.15) is 0 Å². The van der Waals surface area contributed by atoms with Crippen molar-refractivity contribution in [3.05, 3.63) is 0 Å². The van der Waals surface area contributed by atoms with E-state index in [1.165, 1.54) is 141 Å². The Morgan fingerprint density at radius 3 is 0.818 bits per heavy atom. The summed E-state index contributed by atoms with van der Waals surface area (Å²) in [7, 11) is 0. The Bertz CT molecular complexity index is 564. The van der Waals surface area contributed by atoms with Gasteiger partial charge in [-0.15, -0.1) is 0 Å². The van der Waals surface area contributed by atoms with E-state index in [0.29, 0.717) is 39.0 Å². The molecule has 0 unspecified atom stereocenters. The summed E-state index contributed by atoms with van der Waals surface area (Å²) in [6, 6.07) is 0. The van der Waals surface area contributed by atoms with E-state index in [2.05, 4.69) is 13.8 Å². The zero-order chi connectivity index (χ0) is 32.4. The van der Waals surface area contributed by atoms with Crippen LogP contribution in [0.5, 0.6) is 0 Å². The Labute approximate surface area is 274 Å². The number of hydrogen-bond donors (Lipinski definition) is 2.